The molecule has 1 rings (SSSR count). The zero-order valence-corrected chi connectivity index (χ0v) is 13.3. The van der Waals surface area contributed by atoms with Crippen LogP contribution in [-0.2, 0) is 10.1 Å². The summed E-state index contributed by atoms with van der Waals surface area (Å²) in [5.41, 5.74) is -4.67. The van der Waals surface area contributed by atoms with Crippen molar-refractivity contribution in [3.05, 3.63) is 33.4 Å². The van der Waals surface area contributed by atoms with Crippen molar-refractivity contribution in [2.75, 3.05) is 4.43 Å². The van der Waals surface area contributed by atoms with Gasteiger partial charge in [-0.05, 0) is 13.0 Å². The van der Waals surface area contributed by atoms with E-state index in [-0.39, 0.29) is 0 Å². The fraction of sp³-hybridized carbons (Fsp3) is 0.400. The van der Waals surface area contributed by atoms with Crippen LogP contribution in [0.3, 0.4) is 0 Å². The van der Waals surface area contributed by atoms with Gasteiger partial charge in [0.2, 0.25) is 4.43 Å². The molecule has 0 unspecified atom stereocenters. The first-order valence-corrected chi connectivity index (χ1v) is 8.99. The minimum atomic E-state index is -6.09. The van der Waals surface area contributed by atoms with Crippen LogP contribution in [0.2, 0.25) is 0 Å². The van der Waals surface area contributed by atoms with Crippen molar-refractivity contribution < 1.29 is 60.5 Å². The van der Waals surface area contributed by atoms with Crippen molar-refractivity contribution in [1.82, 2.24) is 0 Å². The van der Waals surface area contributed by atoms with Gasteiger partial charge in [-0.15, -0.1) is 0 Å². The van der Waals surface area contributed by atoms with E-state index in [1.165, 1.54) is 0 Å². The van der Waals surface area contributed by atoms with Gasteiger partial charge < -0.3 is 4.55 Å². The van der Waals surface area contributed by atoms with Crippen LogP contribution in [0.1, 0.15) is 5.56 Å². The molecule has 0 saturated heterocycles. The highest BCUT2D eigenvalue weighted by Crippen LogP contribution is 2.20. The number of benzene rings is 1. The maximum absolute atomic E-state index is 11.9. The van der Waals surface area contributed by atoms with E-state index in [0.717, 1.165) is 9.13 Å². The summed E-state index contributed by atoms with van der Waals surface area (Å²) in [4.78, 5) is 0. The highest BCUT2D eigenvalue weighted by Gasteiger charge is 2.37. The van der Waals surface area contributed by atoms with E-state index in [1.807, 2.05) is 19.1 Å². The number of hydrogen-bond acceptors (Lipinski definition) is 3. The molecule has 0 radical (unpaired) electrons. The molecule has 0 heterocycles. The van der Waals surface area contributed by atoms with Gasteiger partial charge in [0.25, 0.3) is 0 Å². The zero-order valence-electron chi connectivity index (χ0n) is 10.3. The second-order valence-corrected chi connectivity index (χ2v) is 7.59. The molecule has 11 heteroatoms. The van der Waals surface area contributed by atoms with Gasteiger partial charge in [0.05, 0.1) is 0 Å². The van der Waals surface area contributed by atoms with E-state index in [2.05, 4.69) is 0 Å². The van der Waals surface area contributed by atoms with Gasteiger partial charge in [0.15, 0.2) is 13.7 Å². The molecular weight excluding hydrogens is 441 g/mol. The fourth-order valence-electron chi connectivity index (χ4n) is 0.849. The average molecular weight is 450 g/mol. The highest BCUT2D eigenvalue weighted by molar-refractivity contribution is 7.86. The second-order valence-electron chi connectivity index (χ2n) is 3.53. The van der Waals surface area contributed by atoms with Crippen LogP contribution in [0.5, 0.6) is 0 Å². The minimum absolute atomic E-state index is 0.628. The number of hydrogen-bond donors (Lipinski definition) is 0. The van der Waals surface area contributed by atoms with E-state index in [0.29, 0.717) is 0 Å². The summed E-state index contributed by atoms with van der Waals surface area (Å²) in [7, 11) is -6.09. The van der Waals surface area contributed by atoms with E-state index in [4.69, 9.17) is 13.0 Å². The lowest BCUT2D eigenvalue weighted by Crippen LogP contribution is -3.63. The Kier molecular flexibility index (Phi) is 7.42. The van der Waals surface area contributed by atoms with Gasteiger partial charge in [-0.3, -0.25) is 0 Å². The molecule has 0 atom stereocenters. The number of halogens is 7. The zero-order chi connectivity index (χ0) is 16.9. The maximum atomic E-state index is 11.9. The van der Waals surface area contributed by atoms with Crippen LogP contribution in [0.15, 0.2) is 24.3 Å². The van der Waals surface area contributed by atoms with E-state index in [1.54, 1.807) is 12.1 Å². The van der Waals surface area contributed by atoms with Crippen molar-refractivity contribution in [3.63, 3.8) is 0 Å². The van der Waals surface area contributed by atoms with Crippen LogP contribution in [-0.4, -0.2) is 29.1 Å². The van der Waals surface area contributed by atoms with Crippen LogP contribution < -0.4 is 21.2 Å². The number of alkyl halides is 7. The molecule has 0 aromatic heterocycles. The van der Waals surface area contributed by atoms with Gasteiger partial charge in [0, 0.05) is 5.56 Å². The lowest BCUT2D eigenvalue weighted by molar-refractivity contribution is -0.650. The standard InChI is InChI=1S/C9H9F3I.CHF3O3S/c1-7-4-2-3-5-8(7)13-6-9(10,11)12;2-1(3,4)8(5,6)7/h2-5H,6H2,1H3;(H,5,6,7)/q+1;/p-1. The molecule has 1 aromatic carbocycles. The van der Waals surface area contributed by atoms with Crippen molar-refractivity contribution in [3.8, 4) is 0 Å². The van der Waals surface area contributed by atoms with Crippen LogP contribution in [0, 0.1) is 10.5 Å². The Hall–Kier alpha value is -0.560. The Morgan fingerprint density at radius 1 is 1.10 bits per heavy atom. The van der Waals surface area contributed by atoms with Crippen LogP contribution >= 0.6 is 0 Å². The first-order valence-electron chi connectivity index (χ1n) is 4.98. The second kappa shape index (κ2) is 7.63. The minimum Gasteiger partial charge on any atom is -0.741 e. The first kappa shape index (κ1) is 20.4. The SMILES string of the molecule is Cc1ccccc1[I+]CC(F)(F)F.O=S(=O)([O-])C(F)(F)F. The predicted octanol–water partition coefficient (Wildman–Crippen LogP) is -0.133. The molecule has 0 N–H and O–H groups in total. The molecule has 0 bridgehead atoms. The van der Waals surface area contributed by atoms with Gasteiger partial charge in [-0.1, -0.05) is 18.2 Å². The first-order chi connectivity index (χ1) is 9.24. The van der Waals surface area contributed by atoms with Crippen molar-refractivity contribution in [2.45, 2.75) is 18.6 Å². The van der Waals surface area contributed by atoms with Crippen LogP contribution in [0.4, 0.5) is 26.3 Å². The molecule has 0 amide bonds. The molecule has 122 valence electrons. The molecule has 0 aliphatic heterocycles. The summed E-state index contributed by atoms with van der Waals surface area (Å²) >= 11 is -0.910. The normalized spacial score (nSPS) is 12.6. The largest absolute Gasteiger partial charge is 0.741 e. The molecular formula is C10H9F6IO3S. The van der Waals surface area contributed by atoms with E-state index < -0.39 is 47.4 Å². The maximum Gasteiger partial charge on any atom is 0.485 e. The molecule has 1 aromatic rings. The van der Waals surface area contributed by atoms with Crippen molar-refractivity contribution in [1.29, 1.82) is 0 Å². The third kappa shape index (κ3) is 9.14. The Bertz CT molecular complexity index is 553. The molecule has 21 heavy (non-hydrogen) atoms. The Labute approximate surface area is 127 Å². The van der Waals surface area contributed by atoms with E-state index in [9.17, 15) is 26.3 Å². The summed E-state index contributed by atoms with van der Waals surface area (Å²) in [6.07, 6.45) is -4.00. The van der Waals surface area contributed by atoms with Gasteiger partial charge in [-0.25, -0.2) is 8.42 Å². The quantitative estimate of drug-likeness (QED) is 0.208. The highest BCUT2D eigenvalue weighted by atomic mass is 127. The smallest absolute Gasteiger partial charge is 0.485 e. The lowest BCUT2D eigenvalue weighted by atomic mass is 10.2. The summed E-state index contributed by atoms with van der Waals surface area (Å²) < 4.78 is 94.9. The van der Waals surface area contributed by atoms with Crippen LogP contribution in [0.25, 0.3) is 0 Å². The predicted molar refractivity (Wildman–Crippen MR) is 56.6 cm³/mol. The van der Waals surface area contributed by atoms with Crippen molar-refractivity contribution >= 4 is 10.1 Å². The monoisotopic (exact) mass is 450 g/mol. The summed E-state index contributed by atoms with van der Waals surface area (Å²) in [6, 6.07) is 7.27. The summed E-state index contributed by atoms with van der Waals surface area (Å²) in [5, 5.41) is 0. The Morgan fingerprint density at radius 3 is 1.86 bits per heavy atom. The average Bonchev–Trinajstić information content (AvgIpc) is 2.25. The third-order valence-electron chi connectivity index (χ3n) is 1.72. The Morgan fingerprint density at radius 2 is 1.52 bits per heavy atom. The van der Waals surface area contributed by atoms with E-state index >= 15 is 0 Å². The molecule has 0 saturated carbocycles. The van der Waals surface area contributed by atoms with Gasteiger partial charge in [0.1, 0.15) is 0 Å². The number of aryl methyl sites for hydroxylation is 1. The van der Waals surface area contributed by atoms with Gasteiger partial charge in [-0.2, -0.15) is 26.3 Å². The molecule has 0 aliphatic carbocycles. The molecule has 0 spiro atoms. The van der Waals surface area contributed by atoms with Gasteiger partial charge >= 0.3 is 32.9 Å². The lowest BCUT2D eigenvalue weighted by Gasteiger charge is -2.08. The molecule has 3 nitrogen and oxygen atoms in total. The molecule has 0 aliphatic rings. The third-order valence-corrected chi connectivity index (χ3v) is 5.57. The molecule has 0 fully saturated rings. The Balaban J connectivity index is 0.000000433. The summed E-state index contributed by atoms with van der Waals surface area (Å²) in [6.45, 7) is 1.85. The van der Waals surface area contributed by atoms with Crippen molar-refractivity contribution in [2.24, 2.45) is 0 Å². The summed E-state index contributed by atoms with van der Waals surface area (Å²) in [5.74, 6) is 0. The fourth-order valence-corrected chi connectivity index (χ4v) is 2.94. The topological polar surface area (TPSA) is 57.2 Å². The number of rotatable bonds is 2.